The summed E-state index contributed by atoms with van der Waals surface area (Å²) in [6.45, 7) is 4.56. The van der Waals surface area contributed by atoms with Crippen LogP contribution in [0.1, 0.15) is 16.8 Å². The van der Waals surface area contributed by atoms with Crippen molar-refractivity contribution in [3.8, 4) is 27.4 Å². The molecule has 0 aliphatic carbocycles. The molecule has 5 rings (SSSR count). The summed E-state index contributed by atoms with van der Waals surface area (Å²) in [5, 5.41) is 17.8. The van der Waals surface area contributed by atoms with Gasteiger partial charge < -0.3 is 15.6 Å². The SMILES string of the molecule is Cc1csc(-c2ncc(OC[C@@H](N)Cc3ccccc3)cc2-c2ccc3n[nH]c(C)c3c2)c1.O=C(O)C(F)(F)F. The van der Waals surface area contributed by atoms with Gasteiger partial charge in [0.25, 0.3) is 0 Å². The van der Waals surface area contributed by atoms with E-state index >= 15 is 0 Å². The van der Waals surface area contributed by atoms with Gasteiger partial charge in [0.15, 0.2) is 0 Å². The molecule has 0 aliphatic rings. The third-order valence-electron chi connectivity index (χ3n) is 5.93. The van der Waals surface area contributed by atoms with E-state index in [1.807, 2.05) is 31.2 Å². The number of fused-ring (bicyclic) bond motifs is 1. The van der Waals surface area contributed by atoms with E-state index in [-0.39, 0.29) is 6.04 Å². The van der Waals surface area contributed by atoms with Crippen molar-refractivity contribution in [1.82, 2.24) is 15.2 Å². The molecule has 0 bridgehead atoms. The molecule has 2 aromatic carbocycles. The number of carboxylic acids is 1. The first-order valence-electron chi connectivity index (χ1n) is 12.2. The van der Waals surface area contributed by atoms with Gasteiger partial charge in [0, 0.05) is 22.7 Å². The van der Waals surface area contributed by atoms with Crippen LogP contribution in [0, 0.1) is 13.8 Å². The van der Waals surface area contributed by atoms with E-state index in [9.17, 15) is 13.2 Å². The Morgan fingerprint density at radius 2 is 1.85 bits per heavy atom. The third-order valence-corrected chi connectivity index (χ3v) is 6.98. The van der Waals surface area contributed by atoms with Crippen molar-refractivity contribution in [2.45, 2.75) is 32.5 Å². The number of carboxylic acid groups (broad SMARTS) is 1. The highest BCUT2D eigenvalue weighted by Crippen LogP contribution is 2.37. The minimum atomic E-state index is -5.08. The van der Waals surface area contributed by atoms with E-state index in [0.717, 1.165) is 50.5 Å². The van der Waals surface area contributed by atoms with Gasteiger partial charge in [0.2, 0.25) is 0 Å². The molecule has 3 heterocycles. The summed E-state index contributed by atoms with van der Waals surface area (Å²) in [6.07, 6.45) is -2.52. The third kappa shape index (κ3) is 7.25. The van der Waals surface area contributed by atoms with E-state index in [2.05, 4.69) is 58.9 Å². The van der Waals surface area contributed by atoms with Gasteiger partial charge in [-0.15, -0.1) is 11.3 Å². The molecule has 40 heavy (non-hydrogen) atoms. The van der Waals surface area contributed by atoms with Gasteiger partial charge in [-0.25, -0.2) is 4.79 Å². The number of ether oxygens (including phenoxy) is 1. The molecule has 0 aliphatic heterocycles. The summed E-state index contributed by atoms with van der Waals surface area (Å²) in [7, 11) is 0. The van der Waals surface area contributed by atoms with Gasteiger partial charge in [0.05, 0.1) is 22.3 Å². The van der Waals surface area contributed by atoms with Crippen LogP contribution in [0.4, 0.5) is 13.2 Å². The number of nitrogens with two attached hydrogens (primary N) is 1. The second-order valence-corrected chi connectivity index (χ2v) is 10.1. The second kappa shape index (κ2) is 12.3. The number of aryl methyl sites for hydroxylation is 2. The maximum atomic E-state index is 10.6. The highest BCUT2D eigenvalue weighted by atomic mass is 32.1. The van der Waals surface area contributed by atoms with Crippen LogP contribution in [-0.2, 0) is 11.2 Å². The number of aliphatic carboxylic acids is 1. The topological polar surface area (TPSA) is 114 Å². The number of benzene rings is 2. The van der Waals surface area contributed by atoms with E-state index in [1.54, 1.807) is 17.5 Å². The first-order chi connectivity index (χ1) is 19.0. The average Bonchev–Trinajstić information content (AvgIpc) is 3.52. The van der Waals surface area contributed by atoms with Crippen LogP contribution >= 0.6 is 11.3 Å². The number of aromatic nitrogens is 3. The summed E-state index contributed by atoms with van der Waals surface area (Å²) < 4.78 is 37.8. The molecule has 7 nitrogen and oxygen atoms in total. The summed E-state index contributed by atoms with van der Waals surface area (Å²) in [5.74, 6) is -2.04. The number of hydrogen-bond acceptors (Lipinski definition) is 6. The minimum absolute atomic E-state index is 0.0968. The number of H-pyrrole nitrogens is 1. The number of rotatable bonds is 7. The summed E-state index contributed by atoms with van der Waals surface area (Å²) in [5.41, 5.74) is 13.9. The van der Waals surface area contributed by atoms with Gasteiger partial charge in [-0.3, -0.25) is 10.1 Å². The fraction of sp³-hybridized carbons (Fsp3) is 0.207. The highest BCUT2D eigenvalue weighted by molar-refractivity contribution is 7.13. The van der Waals surface area contributed by atoms with Crippen LogP contribution in [-0.4, -0.2) is 45.1 Å². The lowest BCUT2D eigenvalue weighted by Crippen LogP contribution is -2.30. The number of halogens is 3. The Morgan fingerprint density at radius 1 is 1.12 bits per heavy atom. The number of nitrogens with zero attached hydrogens (tertiary/aromatic N) is 2. The van der Waals surface area contributed by atoms with Crippen LogP contribution in [0.25, 0.3) is 32.6 Å². The number of hydrogen-bond donors (Lipinski definition) is 3. The number of thiophene rings is 1. The lowest BCUT2D eigenvalue weighted by Gasteiger charge is -2.15. The largest absolute Gasteiger partial charge is 0.490 e. The zero-order valence-electron chi connectivity index (χ0n) is 21.7. The summed E-state index contributed by atoms with van der Waals surface area (Å²) in [6, 6.07) is 20.7. The minimum Gasteiger partial charge on any atom is -0.490 e. The van der Waals surface area contributed by atoms with E-state index in [0.29, 0.717) is 6.61 Å². The van der Waals surface area contributed by atoms with Crippen LogP contribution in [0.5, 0.6) is 5.75 Å². The molecule has 0 radical (unpaired) electrons. The Hall–Kier alpha value is -4.22. The quantitative estimate of drug-likeness (QED) is 0.205. The van der Waals surface area contributed by atoms with Crippen molar-refractivity contribution in [3.05, 3.63) is 89.1 Å². The Morgan fingerprint density at radius 3 is 2.50 bits per heavy atom. The molecule has 0 fully saturated rings. The molecule has 1 atom stereocenters. The van der Waals surface area contributed by atoms with Crippen molar-refractivity contribution >= 4 is 28.2 Å². The molecule has 11 heteroatoms. The predicted molar refractivity (Wildman–Crippen MR) is 149 cm³/mol. The van der Waals surface area contributed by atoms with Crippen molar-refractivity contribution in [3.63, 3.8) is 0 Å². The monoisotopic (exact) mass is 568 g/mol. The summed E-state index contributed by atoms with van der Waals surface area (Å²) >= 11 is 1.70. The first-order valence-corrected chi connectivity index (χ1v) is 13.1. The molecule has 4 N–H and O–H groups in total. The molecule has 0 spiro atoms. The molecule has 0 unspecified atom stereocenters. The zero-order valence-corrected chi connectivity index (χ0v) is 22.5. The predicted octanol–water partition coefficient (Wildman–Crippen LogP) is 6.55. The van der Waals surface area contributed by atoms with Crippen LogP contribution in [0.2, 0.25) is 0 Å². The van der Waals surface area contributed by atoms with E-state index in [4.69, 9.17) is 25.4 Å². The Kier molecular flexibility index (Phi) is 8.86. The van der Waals surface area contributed by atoms with E-state index in [1.165, 1.54) is 11.1 Å². The van der Waals surface area contributed by atoms with Gasteiger partial charge in [-0.2, -0.15) is 18.3 Å². The second-order valence-electron chi connectivity index (χ2n) is 9.20. The number of aromatic amines is 1. The smallest absolute Gasteiger partial charge is 0.490 e. The Labute approximate surface area is 232 Å². The van der Waals surface area contributed by atoms with Gasteiger partial charge in [0.1, 0.15) is 12.4 Å². The van der Waals surface area contributed by atoms with Crippen LogP contribution in [0.15, 0.2) is 72.2 Å². The van der Waals surface area contributed by atoms with Crippen molar-refractivity contribution in [2.24, 2.45) is 5.73 Å². The normalized spacial score (nSPS) is 12.1. The molecular formula is C29H27F3N4O3S. The molecular weight excluding hydrogens is 541 g/mol. The highest BCUT2D eigenvalue weighted by Gasteiger charge is 2.38. The Bertz CT molecular complexity index is 1600. The van der Waals surface area contributed by atoms with Gasteiger partial charge in [-0.1, -0.05) is 36.4 Å². The number of pyridine rings is 1. The summed E-state index contributed by atoms with van der Waals surface area (Å²) in [4.78, 5) is 14.8. The van der Waals surface area contributed by atoms with Crippen LogP contribution in [0.3, 0.4) is 0 Å². The maximum Gasteiger partial charge on any atom is 0.490 e. The fourth-order valence-electron chi connectivity index (χ4n) is 3.98. The van der Waals surface area contributed by atoms with Gasteiger partial charge in [-0.05, 0) is 66.6 Å². The van der Waals surface area contributed by atoms with Crippen molar-refractivity contribution < 1.29 is 27.8 Å². The molecule has 5 aromatic rings. The van der Waals surface area contributed by atoms with Crippen molar-refractivity contribution in [2.75, 3.05) is 6.61 Å². The number of alkyl halides is 3. The fourth-order valence-corrected chi connectivity index (χ4v) is 4.89. The van der Waals surface area contributed by atoms with Crippen LogP contribution < -0.4 is 10.5 Å². The first kappa shape index (κ1) is 28.8. The Balaban J connectivity index is 0.000000470. The number of carbonyl (C=O) groups is 1. The zero-order chi connectivity index (χ0) is 28.9. The molecule has 0 amide bonds. The van der Waals surface area contributed by atoms with Crippen molar-refractivity contribution in [1.29, 1.82) is 0 Å². The lowest BCUT2D eigenvalue weighted by atomic mass is 10.0. The standard InChI is InChI=1S/C27H26N4OS.C2HF3O2/c1-17-10-26(33-16-17)27-24(20-8-9-25-23(12-20)18(2)30-31-25)13-22(14-29-27)32-15-21(28)11-19-6-4-3-5-7-19;3-2(4,5)1(6)7/h3-10,12-14,16,21H,11,15,28H2,1-2H3,(H,30,31);(H,6,7)/t21-;/m0./s1. The average molecular weight is 569 g/mol. The lowest BCUT2D eigenvalue weighted by molar-refractivity contribution is -0.192. The molecule has 0 saturated carbocycles. The molecule has 0 saturated heterocycles. The molecule has 3 aromatic heterocycles. The maximum absolute atomic E-state index is 10.6. The molecule has 208 valence electrons. The van der Waals surface area contributed by atoms with E-state index < -0.39 is 12.1 Å². The van der Waals surface area contributed by atoms with Gasteiger partial charge >= 0.3 is 12.1 Å². The number of nitrogens with one attached hydrogen (secondary N) is 1.